The number of nitrogens with zero attached hydrogens (tertiary/aromatic N) is 3. The van der Waals surface area contributed by atoms with Crippen LogP contribution in [0.1, 0.15) is 6.42 Å². The lowest BCUT2D eigenvalue weighted by Crippen LogP contribution is -2.31. The number of benzene rings is 1. The summed E-state index contributed by atoms with van der Waals surface area (Å²) in [4.78, 5) is 17.4. The second kappa shape index (κ2) is 5.44. The van der Waals surface area contributed by atoms with Crippen molar-refractivity contribution < 1.29 is 9.53 Å². The fourth-order valence-corrected chi connectivity index (χ4v) is 3.03. The monoisotopic (exact) mass is 337 g/mol. The van der Waals surface area contributed by atoms with Crippen molar-refractivity contribution in [2.75, 3.05) is 26.0 Å². The molecule has 1 aromatic rings. The van der Waals surface area contributed by atoms with E-state index in [2.05, 4.69) is 0 Å². The van der Waals surface area contributed by atoms with Crippen LogP contribution in [0.3, 0.4) is 0 Å². The van der Waals surface area contributed by atoms with Gasteiger partial charge in [0.1, 0.15) is 6.04 Å². The molecule has 0 spiro atoms. The van der Waals surface area contributed by atoms with Gasteiger partial charge in [-0.1, -0.05) is 11.6 Å². The molecule has 2 heterocycles. The molecule has 0 aliphatic carbocycles. The van der Waals surface area contributed by atoms with Crippen molar-refractivity contribution in [3.8, 4) is 5.75 Å². The summed E-state index contributed by atoms with van der Waals surface area (Å²) < 4.78 is 5.81. The van der Waals surface area contributed by atoms with E-state index < -0.39 is 0 Å². The second-order valence-electron chi connectivity index (χ2n) is 5.36. The molecule has 1 amide bonds. The Balaban J connectivity index is 1.78. The first kappa shape index (κ1) is 15.1. The fraction of sp³-hybridized carbons (Fsp3) is 0.333. The highest BCUT2D eigenvalue weighted by atomic mass is 35.5. The van der Waals surface area contributed by atoms with Gasteiger partial charge in [0.15, 0.2) is 16.7 Å². The van der Waals surface area contributed by atoms with E-state index in [1.165, 1.54) is 4.90 Å². The van der Waals surface area contributed by atoms with Crippen molar-refractivity contribution in [3.63, 3.8) is 0 Å². The molecule has 0 aromatic heterocycles. The van der Waals surface area contributed by atoms with E-state index in [4.69, 9.17) is 28.6 Å². The maximum absolute atomic E-state index is 12.2. The number of hydrogen-bond donors (Lipinski definition) is 0. The average Bonchev–Trinajstić information content (AvgIpc) is 2.89. The largest absolute Gasteiger partial charge is 0.439 e. The number of thiocarbonyl (C=S) groups is 1. The van der Waals surface area contributed by atoms with E-state index >= 15 is 0 Å². The normalized spacial score (nSPS) is 22.6. The molecular weight excluding hydrogens is 322 g/mol. The number of carbonyl (C=O) groups excluding carboxylic acids is 1. The lowest BCUT2D eigenvalue weighted by Gasteiger charge is -2.17. The molecule has 2 aliphatic heterocycles. The molecule has 7 heteroatoms. The van der Waals surface area contributed by atoms with E-state index in [1.807, 2.05) is 42.1 Å². The SMILES string of the molecule is CN1C(=O)C(CC=C2Oc3ccc(Cl)cc3N2C)N(C)C1=S. The molecule has 1 aromatic carbocycles. The van der Waals surface area contributed by atoms with Crippen LogP contribution in [-0.4, -0.2) is 48.0 Å². The summed E-state index contributed by atoms with van der Waals surface area (Å²) in [5, 5.41) is 1.21. The summed E-state index contributed by atoms with van der Waals surface area (Å²) in [5.41, 5.74) is 0.914. The molecule has 0 N–H and O–H groups in total. The predicted octanol–water partition coefficient (Wildman–Crippen LogP) is 2.46. The topological polar surface area (TPSA) is 36.0 Å². The van der Waals surface area contributed by atoms with Crippen LogP contribution in [0.5, 0.6) is 5.75 Å². The van der Waals surface area contributed by atoms with Crippen LogP contribution in [0, 0.1) is 0 Å². The lowest BCUT2D eigenvalue weighted by atomic mass is 10.2. The number of fused-ring (bicyclic) bond motifs is 1. The van der Waals surface area contributed by atoms with Gasteiger partial charge in [0.05, 0.1) is 5.69 Å². The highest BCUT2D eigenvalue weighted by molar-refractivity contribution is 7.80. The third-order valence-corrected chi connectivity index (χ3v) is 4.81. The number of ether oxygens (including phenoxy) is 1. The van der Waals surface area contributed by atoms with Gasteiger partial charge in [0, 0.05) is 32.6 Å². The van der Waals surface area contributed by atoms with Crippen LogP contribution in [0.2, 0.25) is 5.02 Å². The molecule has 116 valence electrons. The zero-order chi connectivity index (χ0) is 16.0. The fourth-order valence-electron chi connectivity index (χ4n) is 2.64. The van der Waals surface area contributed by atoms with Crippen molar-refractivity contribution in [1.82, 2.24) is 9.80 Å². The van der Waals surface area contributed by atoms with E-state index in [1.54, 1.807) is 13.1 Å². The first-order valence-electron chi connectivity index (χ1n) is 6.86. The molecule has 1 atom stereocenters. The van der Waals surface area contributed by atoms with Crippen LogP contribution in [-0.2, 0) is 4.79 Å². The van der Waals surface area contributed by atoms with E-state index in [0.717, 1.165) is 11.4 Å². The van der Waals surface area contributed by atoms with Crippen molar-refractivity contribution in [3.05, 3.63) is 35.2 Å². The quantitative estimate of drug-likeness (QED) is 0.775. The molecular formula is C15H16ClN3O2S. The van der Waals surface area contributed by atoms with Gasteiger partial charge in [-0.15, -0.1) is 0 Å². The van der Waals surface area contributed by atoms with Crippen molar-refractivity contribution >= 4 is 40.5 Å². The zero-order valence-corrected chi connectivity index (χ0v) is 14.1. The first-order chi connectivity index (χ1) is 10.4. The number of likely N-dealkylation sites (N-methyl/N-ethyl adjacent to an activating group) is 2. The minimum atomic E-state index is -0.283. The summed E-state index contributed by atoms with van der Waals surface area (Å²) in [6.07, 6.45) is 2.44. The Hall–Kier alpha value is -1.79. The Morgan fingerprint density at radius 3 is 2.68 bits per heavy atom. The molecule has 5 nitrogen and oxygen atoms in total. The molecule has 0 radical (unpaired) electrons. The summed E-state index contributed by atoms with van der Waals surface area (Å²) in [6, 6.07) is 5.20. The van der Waals surface area contributed by atoms with E-state index in [-0.39, 0.29) is 11.9 Å². The molecule has 0 saturated carbocycles. The van der Waals surface area contributed by atoms with Gasteiger partial charge in [-0.05, 0) is 36.5 Å². The maximum atomic E-state index is 12.2. The molecule has 0 bridgehead atoms. The number of amides is 1. The third kappa shape index (κ3) is 2.32. The second-order valence-corrected chi connectivity index (χ2v) is 6.16. The van der Waals surface area contributed by atoms with Crippen molar-refractivity contribution in [2.45, 2.75) is 12.5 Å². The number of carbonyl (C=O) groups is 1. The molecule has 1 unspecified atom stereocenters. The Labute approximate surface area is 139 Å². The summed E-state index contributed by atoms with van der Waals surface area (Å²) in [6.45, 7) is 0. The Morgan fingerprint density at radius 2 is 2.05 bits per heavy atom. The van der Waals surface area contributed by atoms with Gasteiger partial charge in [-0.3, -0.25) is 9.69 Å². The van der Waals surface area contributed by atoms with Gasteiger partial charge in [-0.2, -0.15) is 0 Å². The molecule has 1 fully saturated rings. The standard InChI is InChI=1S/C15H16ClN3O2S/c1-17-11-8-9(16)4-6-12(11)21-13(17)7-5-10-14(20)19(3)15(22)18(10)2/h4,6-8,10H,5H2,1-3H3. The predicted molar refractivity (Wildman–Crippen MR) is 90.1 cm³/mol. The minimum Gasteiger partial charge on any atom is -0.439 e. The number of halogens is 1. The highest BCUT2D eigenvalue weighted by Crippen LogP contribution is 2.39. The molecule has 1 saturated heterocycles. The maximum Gasteiger partial charge on any atom is 0.251 e. The summed E-state index contributed by atoms with van der Waals surface area (Å²) >= 11 is 11.2. The Morgan fingerprint density at radius 1 is 1.32 bits per heavy atom. The number of rotatable bonds is 2. The number of anilines is 1. The molecule has 3 rings (SSSR count). The third-order valence-electron chi connectivity index (χ3n) is 4.01. The Bertz CT molecular complexity index is 691. The number of hydrogen-bond acceptors (Lipinski definition) is 4. The summed E-state index contributed by atoms with van der Waals surface area (Å²) in [7, 11) is 5.44. The average molecular weight is 338 g/mol. The highest BCUT2D eigenvalue weighted by Gasteiger charge is 2.37. The molecule has 2 aliphatic rings. The van der Waals surface area contributed by atoms with Crippen LogP contribution < -0.4 is 9.64 Å². The van der Waals surface area contributed by atoms with Gasteiger partial charge in [-0.25, -0.2) is 0 Å². The van der Waals surface area contributed by atoms with E-state index in [0.29, 0.717) is 22.4 Å². The molecule has 22 heavy (non-hydrogen) atoms. The van der Waals surface area contributed by atoms with Crippen LogP contribution in [0.15, 0.2) is 30.2 Å². The zero-order valence-electron chi connectivity index (χ0n) is 12.5. The van der Waals surface area contributed by atoms with Gasteiger partial charge >= 0.3 is 0 Å². The van der Waals surface area contributed by atoms with Crippen LogP contribution >= 0.6 is 23.8 Å². The van der Waals surface area contributed by atoms with Crippen molar-refractivity contribution in [1.29, 1.82) is 0 Å². The van der Waals surface area contributed by atoms with Gasteiger partial charge < -0.3 is 14.5 Å². The van der Waals surface area contributed by atoms with Crippen LogP contribution in [0.4, 0.5) is 5.69 Å². The smallest absolute Gasteiger partial charge is 0.251 e. The summed E-state index contributed by atoms with van der Waals surface area (Å²) in [5.74, 6) is 1.46. The van der Waals surface area contributed by atoms with Gasteiger partial charge in [0.2, 0.25) is 0 Å². The first-order valence-corrected chi connectivity index (χ1v) is 7.64. The van der Waals surface area contributed by atoms with E-state index in [9.17, 15) is 4.79 Å². The Kier molecular flexibility index (Phi) is 3.74. The van der Waals surface area contributed by atoms with Crippen LogP contribution in [0.25, 0.3) is 0 Å². The van der Waals surface area contributed by atoms with Crippen molar-refractivity contribution in [2.24, 2.45) is 0 Å². The van der Waals surface area contributed by atoms with Gasteiger partial charge in [0.25, 0.3) is 5.91 Å². The minimum absolute atomic E-state index is 0.00515. The lowest BCUT2D eigenvalue weighted by molar-refractivity contribution is -0.127.